The number of carbonyl (C=O) groups excluding carboxylic acids is 2. The van der Waals surface area contributed by atoms with Crippen LogP contribution in [0.1, 0.15) is 25.5 Å². The molecule has 7 nitrogen and oxygen atoms in total. The summed E-state index contributed by atoms with van der Waals surface area (Å²) in [5.41, 5.74) is 10.7. The second-order valence-electron chi connectivity index (χ2n) is 4.43. The molecule has 7 heteroatoms. The van der Waals surface area contributed by atoms with Gasteiger partial charge in [0.15, 0.2) is 11.5 Å². The number of rotatable bonds is 5. The van der Waals surface area contributed by atoms with Crippen molar-refractivity contribution in [2.24, 2.45) is 17.4 Å². The fourth-order valence-electron chi connectivity index (χ4n) is 1.77. The topological polar surface area (TPSA) is 114 Å². The van der Waals surface area contributed by atoms with Gasteiger partial charge in [0.25, 0.3) is 0 Å². The first kappa shape index (κ1) is 15.6. The molecule has 0 heterocycles. The average Bonchev–Trinajstić information content (AvgIpc) is 2.35. The van der Waals surface area contributed by atoms with Crippen LogP contribution < -0.4 is 20.9 Å². The van der Waals surface area contributed by atoms with E-state index in [9.17, 15) is 9.59 Å². The van der Waals surface area contributed by atoms with Crippen molar-refractivity contribution in [2.75, 3.05) is 7.11 Å². The van der Waals surface area contributed by atoms with E-state index in [1.165, 1.54) is 13.2 Å². The van der Waals surface area contributed by atoms with Crippen LogP contribution in [0, 0.1) is 5.92 Å². The zero-order chi connectivity index (χ0) is 15.3. The fraction of sp³-hybridized carbons (Fsp3) is 0.385. The number of ether oxygens (including phenoxy) is 3. The maximum absolute atomic E-state index is 10.9. The maximum Gasteiger partial charge on any atom is 0.410 e. The molecule has 0 bridgehead atoms. The summed E-state index contributed by atoms with van der Waals surface area (Å²) in [5, 5.41) is 0. The molecule has 1 unspecified atom stereocenters. The van der Waals surface area contributed by atoms with E-state index < -0.39 is 18.3 Å². The molecule has 0 saturated carbocycles. The summed E-state index contributed by atoms with van der Waals surface area (Å²) >= 11 is 0. The maximum atomic E-state index is 10.9. The first-order valence-electron chi connectivity index (χ1n) is 5.96. The van der Waals surface area contributed by atoms with E-state index in [1.807, 2.05) is 13.8 Å². The number of methoxy groups -OCH3 is 1. The molecule has 0 aliphatic heterocycles. The predicted octanol–water partition coefficient (Wildman–Crippen LogP) is 1.95. The van der Waals surface area contributed by atoms with Gasteiger partial charge in [0.05, 0.1) is 7.11 Å². The average molecular weight is 282 g/mol. The Morgan fingerprint density at radius 2 is 1.75 bits per heavy atom. The highest BCUT2D eigenvalue weighted by Gasteiger charge is 2.21. The van der Waals surface area contributed by atoms with Crippen molar-refractivity contribution >= 4 is 12.2 Å². The Bertz CT molecular complexity index is 502. The first-order valence-corrected chi connectivity index (χ1v) is 5.96. The molecular formula is C13H18N2O5. The zero-order valence-electron chi connectivity index (χ0n) is 11.6. The van der Waals surface area contributed by atoms with Crippen molar-refractivity contribution in [3.63, 3.8) is 0 Å². The van der Waals surface area contributed by atoms with Gasteiger partial charge in [0, 0.05) is 0 Å². The molecular weight excluding hydrogens is 264 g/mol. The van der Waals surface area contributed by atoms with Gasteiger partial charge < -0.3 is 25.7 Å². The number of primary amides is 2. The number of nitrogens with two attached hydrogens (primary N) is 2. The van der Waals surface area contributed by atoms with Crippen LogP contribution in [-0.4, -0.2) is 19.3 Å². The molecule has 4 N–H and O–H groups in total. The molecule has 0 saturated heterocycles. The van der Waals surface area contributed by atoms with E-state index in [1.54, 1.807) is 12.1 Å². The van der Waals surface area contributed by atoms with E-state index >= 15 is 0 Å². The van der Waals surface area contributed by atoms with E-state index in [2.05, 4.69) is 0 Å². The van der Waals surface area contributed by atoms with Gasteiger partial charge in [0.1, 0.15) is 6.10 Å². The van der Waals surface area contributed by atoms with Gasteiger partial charge in [-0.15, -0.1) is 0 Å². The van der Waals surface area contributed by atoms with Gasteiger partial charge in [-0.1, -0.05) is 19.9 Å². The zero-order valence-corrected chi connectivity index (χ0v) is 11.6. The fourth-order valence-corrected chi connectivity index (χ4v) is 1.77. The molecule has 1 rings (SSSR count). The van der Waals surface area contributed by atoms with Gasteiger partial charge in [-0.05, 0) is 23.6 Å². The standard InChI is InChI=1S/C13H18N2O5/c1-7(2)11(20-13(15)17)8-4-5-9(19-12(14)16)10(6-8)18-3/h4-7,11H,1-3H3,(H2,14,16)(H2,15,17). The number of benzene rings is 1. The lowest BCUT2D eigenvalue weighted by atomic mass is 9.98. The monoisotopic (exact) mass is 282 g/mol. The van der Waals surface area contributed by atoms with Crippen molar-refractivity contribution in [3.05, 3.63) is 23.8 Å². The molecule has 20 heavy (non-hydrogen) atoms. The molecule has 2 amide bonds. The molecule has 0 spiro atoms. The lowest BCUT2D eigenvalue weighted by Crippen LogP contribution is -2.21. The lowest BCUT2D eigenvalue weighted by molar-refractivity contribution is 0.0782. The van der Waals surface area contributed by atoms with Gasteiger partial charge in [-0.3, -0.25) is 0 Å². The van der Waals surface area contributed by atoms with E-state index in [0.29, 0.717) is 11.3 Å². The summed E-state index contributed by atoms with van der Waals surface area (Å²) < 4.78 is 15.0. The number of amides is 2. The summed E-state index contributed by atoms with van der Waals surface area (Å²) in [5.74, 6) is 0.500. The Kier molecular flexibility index (Phi) is 5.19. The highest BCUT2D eigenvalue weighted by molar-refractivity contribution is 5.69. The predicted molar refractivity (Wildman–Crippen MR) is 71.5 cm³/mol. The molecule has 0 fully saturated rings. The summed E-state index contributed by atoms with van der Waals surface area (Å²) in [6.07, 6.45) is -2.32. The highest BCUT2D eigenvalue weighted by Crippen LogP contribution is 2.34. The summed E-state index contributed by atoms with van der Waals surface area (Å²) in [6.45, 7) is 3.77. The minimum atomic E-state index is -0.940. The minimum Gasteiger partial charge on any atom is -0.493 e. The van der Waals surface area contributed by atoms with Crippen LogP contribution in [0.4, 0.5) is 9.59 Å². The molecule has 1 aromatic carbocycles. The molecule has 110 valence electrons. The molecule has 0 radical (unpaired) electrons. The number of hydrogen-bond acceptors (Lipinski definition) is 5. The Morgan fingerprint density at radius 1 is 1.10 bits per heavy atom. The van der Waals surface area contributed by atoms with Crippen LogP contribution in [-0.2, 0) is 4.74 Å². The van der Waals surface area contributed by atoms with Crippen LogP contribution in [0.25, 0.3) is 0 Å². The Balaban J connectivity index is 3.11. The second kappa shape index (κ2) is 6.65. The quantitative estimate of drug-likeness (QED) is 0.856. The van der Waals surface area contributed by atoms with Crippen molar-refractivity contribution in [1.29, 1.82) is 0 Å². The molecule has 0 aromatic heterocycles. The minimum absolute atomic E-state index is 0.00937. The SMILES string of the molecule is COc1cc(C(OC(N)=O)C(C)C)ccc1OC(N)=O. The largest absolute Gasteiger partial charge is 0.493 e. The summed E-state index contributed by atoms with van der Waals surface area (Å²) in [7, 11) is 1.42. The van der Waals surface area contributed by atoms with Gasteiger partial charge >= 0.3 is 12.2 Å². The van der Waals surface area contributed by atoms with Crippen LogP contribution in [0.3, 0.4) is 0 Å². The molecule has 1 atom stereocenters. The highest BCUT2D eigenvalue weighted by atomic mass is 16.6. The Hall–Kier alpha value is -2.44. The van der Waals surface area contributed by atoms with Gasteiger partial charge in [0.2, 0.25) is 0 Å². The van der Waals surface area contributed by atoms with Crippen molar-refractivity contribution in [2.45, 2.75) is 20.0 Å². The van der Waals surface area contributed by atoms with Gasteiger partial charge in [-0.25, -0.2) is 9.59 Å². The van der Waals surface area contributed by atoms with Gasteiger partial charge in [-0.2, -0.15) is 0 Å². The van der Waals surface area contributed by atoms with Crippen LogP contribution in [0.2, 0.25) is 0 Å². The van der Waals surface area contributed by atoms with E-state index in [-0.39, 0.29) is 11.7 Å². The Morgan fingerprint density at radius 3 is 2.20 bits per heavy atom. The Labute approximate surface area is 116 Å². The normalized spacial score (nSPS) is 11.8. The number of hydrogen-bond donors (Lipinski definition) is 2. The second-order valence-corrected chi connectivity index (χ2v) is 4.43. The van der Waals surface area contributed by atoms with Crippen LogP contribution in [0.5, 0.6) is 11.5 Å². The molecule has 0 aliphatic rings. The van der Waals surface area contributed by atoms with E-state index in [0.717, 1.165) is 0 Å². The van der Waals surface area contributed by atoms with Crippen LogP contribution in [0.15, 0.2) is 18.2 Å². The number of carbonyl (C=O) groups is 2. The molecule has 1 aromatic rings. The third-order valence-corrected chi connectivity index (χ3v) is 2.58. The third-order valence-electron chi connectivity index (χ3n) is 2.58. The van der Waals surface area contributed by atoms with Crippen LogP contribution >= 0.6 is 0 Å². The van der Waals surface area contributed by atoms with Crippen molar-refractivity contribution in [3.8, 4) is 11.5 Å². The first-order chi connectivity index (χ1) is 9.35. The summed E-state index contributed by atoms with van der Waals surface area (Å²) in [4.78, 5) is 21.7. The lowest BCUT2D eigenvalue weighted by Gasteiger charge is -2.21. The third kappa shape index (κ3) is 4.04. The summed E-state index contributed by atoms with van der Waals surface area (Å²) in [6, 6.07) is 4.76. The van der Waals surface area contributed by atoms with Crippen molar-refractivity contribution in [1.82, 2.24) is 0 Å². The smallest absolute Gasteiger partial charge is 0.410 e. The van der Waals surface area contributed by atoms with E-state index in [4.69, 9.17) is 25.7 Å². The van der Waals surface area contributed by atoms with Crippen molar-refractivity contribution < 1.29 is 23.8 Å². The molecule has 0 aliphatic carbocycles.